The average molecular weight is 207 g/mol. The number of alkyl halides is 2. The summed E-state index contributed by atoms with van der Waals surface area (Å²) in [6.45, 7) is 0.935. The molecule has 1 fully saturated rings. The fourth-order valence-corrected chi connectivity index (χ4v) is 1.55. The van der Waals surface area contributed by atoms with E-state index in [0.717, 1.165) is 4.90 Å². The fraction of sp³-hybridized carbons (Fsp3) is 0.750. The van der Waals surface area contributed by atoms with Gasteiger partial charge in [0.1, 0.15) is 5.41 Å². The molecule has 1 N–H and O–H groups in total. The van der Waals surface area contributed by atoms with Gasteiger partial charge in [0, 0.05) is 20.0 Å². The number of rotatable bonds is 2. The summed E-state index contributed by atoms with van der Waals surface area (Å²) in [4.78, 5) is 22.7. The van der Waals surface area contributed by atoms with Gasteiger partial charge < -0.3 is 10.0 Å². The van der Waals surface area contributed by atoms with E-state index in [1.165, 1.54) is 6.92 Å². The minimum absolute atomic E-state index is 0.0893. The molecule has 80 valence electrons. The molecule has 0 bridgehead atoms. The molecule has 1 amide bonds. The first kappa shape index (κ1) is 10.9. The van der Waals surface area contributed by atoms with Crippen LogP contribution in [0.5, 0.6) is 0 Å². The van der Waals surface area contributed by atoms with Crippen LogP contribution in [-0.2, 0) is 9.59 Å². The Kier molecular flexibility index (Phi) is 2.73. The number of amides is 1. The van der Waals surface area contributed by atoms with Crippen molar-refractivity contribution in [3.63, 3.8) is 0 Å². The molecular weight excluding hydrogens is 196 g/mol. The summed E-state index contributed by atoms with van der Waals surface area (Å²) < 4.78 is 25.1. The second kappa shape index (κ2) is 3.51. The molecule has 0 aromatic heterocycles. The molecule has 1 aliphatic heterocycles. The highest BCUT2D eigenvalue weighted by Crippen LogP contribution is 2.36. The molecule has 4 nitrogen and oxygen atoms in total. The van der Waals surface area contributed by atoms with Gasteiger partial charge in [0.25, 0.3) is 6.43 Å². The van der Waals surface area contributed by atoms with Crippen molar-refractivity contribution in [2.45, 2.75) is 19.8 Å². The van der Waals surface area contributed by atoms with Crippen molar-refractivity contribution in [3.05, 3.63) is 0 Å². The maximum absolute atomic E-state index is 12.6. The second-order valence-corrected chi connectivity index (χ2v) is 3.45. The van der Waals surface area contributed by atoms with Crippen LogP contribution >= 0.6 is 0 Å². The zero-order chi connectivity index (χ0) is 10.9. The van der Waals surface area contributed by atoms with Gasteiger partial charge in [-0.2, -0.15) is 0 Å². The van der Waals surface area contributed by atoms with Crippen LogP contribution in [0.3, 0.4) is 0 Å². The minimum atomic E-state index is -2.94. The van der Waals surface area contributed by atoms with Crippen molar-refractivity contribution in [3.8, 4) is 0 Å². The van der Waals surface area contributed by atoms with Crippen molar-refractivity contribution in [1.82, 2.24) is 4.90 Å². The normalized spacial score (nSPS) is 27.0. The van der Waals surface area contributed by atoms with Crippen LogP contribution in [0.2, 0.25) is 0 Å². The summed E-state index contributed by atoms with van der Waals surface area (Å²) >= 11 is 0. The quantitative estimate of drug-likeness (QED) is 0.720. The number of carbonyl (C=O) groups is 2. The number of carboxylic acid groups (broad SMARTS) is 1. The predicted molar refractivity (Wildman–Crippen MR) is 42.9 cm³/mol. The maximum Gasteiger partial charge on any atom is 0.317 e. The molecular formula is C8H11F2NO3. The molecule has 0 radical (unpaired) electrons. The second-order valence-electron chi connectivity index (χ2n) is 3.45. The fourth-order valence-electron chi connectivity index (χ4n) is 1.55. The van der Waals surface area contributed by atoms with E-state index in [-0.39, 0.29) is 18.9 Å². The lowest BCUT2D eigenvalue weighted by molar-refractivity contribution is -0.158. The average Bonchev–Trinajstić information content (AvgIpc) is 2.48. The Morgan fingerprint density at radius 3 is 2.29 bits per heavy atom. The molecule has 1 saturated heterocycles. The van der Waals surface area contributed by atoms with Gasteiger partial charge in [0.2, 0.25) is 5.91 Å². The summed E-state index contributed by atoms with van der Waals surface area (Å²) in [6.07, 6.45) is -3.12. The highest BCUT2D eigenvalue weighted by molar-refractivity contribution is 5.79. The number of hydrogen-bond acceptors (Lipinski definition) is 2. The number of likely N-dealkylation sites (tertiary alicyclic amines) is 1. The predicted octanol–water partition coefficient (Wildman–Crippen LogP) is 0.575. The van der Waals surface area contributed by atoms with Crippen molar-refractivity contribution in [2.24, 2.45) is 5.41 Å². The standard InChI is InChI=1S/C8H11F2NO3/c1-5(12)11-3-2-8(4-11,6(9)10)7(13)14/h6H,2-4H2,1H3,(H,13,14). The number of carboxylic acids is 1. The van der Waals surface area contributed by atoms with Crippen LogP contribution in [0.15, 0.2) is 0 Å². The summed E-state index contributed by atoms with van der Waals surface area (Å²) in [6, 6.07) is 0. The number of nitrogens with zero attached hydrogens (tertiary/aromatic N) is 1. The van der Waals surface area contributed by atoms with Gasteiger partial charge in [0.05, 0.1) is 0 Å². The Balaban J connectivity index is 2.85. The van der Waals surface area contributed by atoms with Crippen LogP contribution in [0.1, 0.15) is 13.3 Å². The first-order valence-corrected chi connectivity index (χ1v) is 4.17. The largest absolute Gasteiger partial charge is 0.481 e. The van der Waals surface area contributed by atoms with E-state index in [2.05, 4.69) is 0 Å². The molecule has 1 aliphatic rings. The van der Waals surface area contributed by atoms with Gasteiger partial charge >= 0.3 is 5.97 Å². The first-order valence-electron chi connectivity index (χ1n) is 4.17. The lowest BCUT2D eigenvalue weighted by Gasteiger charge is -2.22. The zero-order valence-corrected chi connectivity index (χ0v) is 7.67. The number of halogens is 2. The molecule has 0 saturated carbocycles. The van der Waals surface area contributed by atoms with Crippen LogP contribution in [0.25, 0.3) is 0 Å². The Morgan fingerprint density at radius 1 is 1.50 bits per heavy atom. The third-order valence-corrected chi connectivity index (χ3v) is 2.59. The van der Waals surface area contributed by atoms with E-state index < -0.39 is 24.4 Å². The van der Waals surface area contributed by atoms with Crippen LogP contribution in [0.4, 0.5) is 8.78 Å². The van der Waals surface area contributed by atoms with Crippen LogP contribution in [-0.4, -0.2) is 41.4 Å². The Labute approximate surface area is 79.5 Å². The van der Waals surface area contributed by atoms with E-state index in [9.17, 15) is 18.4 Å². The van der Waals surface area contributed by atoms with Gasteiger partial charge in [-0.1, -0.05) is 0 Å². The summed E-state index contributed by atoms with van der Waals surface area (Å²) in [5.41, 5.74) is -2.06. The Bertz CT molecular complexity index is 269. The smallest absolute Gasteiger partial charge is 0.317 e. The summed E-state index contributed by atoms with van der Waals surface area (Å²) in [5.74, 6) is -1.90. The van der Waals surface area contributed by atoms with Crippen LogP contribution < -0.4 is 0 Å². The van der Waals surface area contributed by atoms with E-state index >= 15 is 0 Å². The molecule has 1 unspecified atom stereocenters. The maximum atomic E-state index is 12.6. The Morgan fingerprint density at radius 2 is 2.07 bits per heavy atom. The van der Waals surface area contributed by atoms with Crippen molar-refractivity contribution in [1.29, 1.82) is 0 Å². The highest BCUT2D eigenvalue weighted by atomic mass is 19.3. The summed E-state index contributed by atoms with van der Waals surface area (Å²) in [5, 5.41) is 8.72. The molecule has 1 heterocycles. The van der Waals surface area contributed by atoms with Crippen molar-refractivity contribution >= 4 is 11.9 Å². The first-order chi connectivity index (χ1) is 6.40. The van der Waals surface area contributed by atoms with E-state index in [1.807, 2.05) is 0 Å². The van der Waals surface area contributed by atoms with E-state index in [0.29, 0.717) is 0 Å². The van der Waals surface area contributed by atoms with Gasteiger partial charge in [-0.3, -0.25) is 9.59 Å². The number of aliphatic carboxylic acids is 1. The molecule has 6 heteroatoms. The lowest BCUT2D eigenvalue weighted by Crippen LogP contribution is -2.41. The lowest BCUT2D eigenvalue weighted by atomic mass is 9.88. The third kappa shape index (κ3) is 1.56. The molecule has 0 aromatic rings. The van der Waals surface area contributed by atoms with Crippen LogP contribution in [0, 0.1) is 5.41 Å². The summed E-state index contributed by atoms with van der Waals surface area (Å²) in [7, 11) is 0. The van der Waals surface area contributed by atoms with Gasteiger partial charge in [-0.25, -0.2) is 8.78 Å². The highest BCUT2D eigenvalue weighted by Gasteiger charge is 2.52. The third-order valence-electron chi connectivity index (χ3n) is 2.59. The minimum Gasteiger partial charge on any atom is -0.481 e. The van der Waals surface area contributed by atoms with Crippen molar-refractivity contribution < 1.29 is 23.5 Å². The molecule has 0 aliphatic carbocycles. The molecule has 14 heavy (non-hydrogen) atoms. The van der Waals surface area contributed by atoms with E-state index in [4.69, 9.17) is 5.11 Å². The zero-order valence-electron chi connectivity index (χ0n) is 7.67. The molecule has 0 spiro atoms. The SMILES string of the molecule is CC(=O)N1CCC(C(=O)O)(C(F)F)C1. The topological polar surface area (TPSA) is 57.6 Å². The van der Waals surface area contributed by atoms with Gasteiger partial charge in [-0.15, -0.1) is 0 Å². The van der Waals surface area contributed by atoms with E-state index in [1.54, 1.807) is 0 Å². The Hall–Kier alpha value is -1.20. The molecule has 0 aromatic carbocycles. The van der Waals surface area contributed by atoms with Gasteiger partial charge in [-0.05, 0) is 6.42 Å². The molecule has 1 rings (SSSR count). The molecule has 1 atom stereocenters. The monoisotopic (exact) mass is 207 g/mol. The van der Waals surface area contributed by atoms with Crippen molar-refractivity contribution in [2.75, 3.05) is 13.1 Å². The number of carbonyl (C=O) groups excluding carboxylic acids is 1. The number of hydrogen-bond donors (Lipinski definition) is 1. The van der Waals surface area contributed by atoms with Gasteiger partial charge in [0.15, 0.2) is 0 Å².